The van der Waals surface area contributed by atoms with E-state index in [-0.39, 0.29) is 12.0 Å². The van der Waals surface area contributed by atoms with Crippen molar-refractivity contribution in [2.75, 3.05) is 5.32 Å². The molecule has 0 unspecified atom stereocenters. The van der Waals surface area contributed by atoms with Gasteiger partial charge in [-0.15, -0.1) is 0 Å². The molecule has 4 nitrogen and oxygen atoms in total. The van der Waals surface area contributed by atoms with Crippen LogP contribution in [0.5, 0.6) is 5.75 Å². The van der Waals surface area contributed by atoms with Crippen LogP contribution in [0.15, 0.2) is 42.5 Å². The van der Waals surface area contributed by atoms with E-state index >= 15 is 0 Å². The predicted molar refractivity (Wildman–Crippen MR) is 116 cm³/mol. The minimum absolute atomic E-state index is 0.0202. The standard InChI is InChI=1S/C25H30N2O2/c1-4-19(3)29-22-12-13-23(20(16-22)17-26)27-24(28)25(14-6-5-7-15-25)21-10-8-18(2)9-11-21/h8-13,16,19H,4-7,14-15H2,1-3H3,(H,27,28)/t19-/m1/s1. The van der Waals surface area contributed by atoms with Crippen LogP contribution < -0.4 is 10.1 Å². The highest BCUT2D eigenvalue weighted by molar-refractivity contribution is 6.00. The lowest BCUT2D eigenvalue weighted by atomic mass is 9.68. The topological polar surface area (TPSA) is 62.1 Å². The highest BCUT2D eigenvalue weighted by Crippen LogP contribution is 2.41. The first-order valence-corrected chi connectivity index (χ1v) is 10.6. The van der Waals surface area contributed by atoms with E-state index in [1.807, 2.05) is 13.0 Å². The van der Waals surface area contributed by atoms with Gasteiger partial charge in [-0.25, -0.2) is 0 Å². The van der Waals surface area contributed by atoms with Crippen molar-refractivity contribution in [1.82, 2.24) is 0 Å². The zero-order valence-corrected chi connectivity index (χ0v) is 17.6. The average Bonchev–Trinajstić information content (AvgIpc) is 2.75. The number of hydrogen-bond donors (Lipinski definition) is 1. The normalized spacial score (nSPS) is 16.5. The second-order valence-corrected chi connectivity index (χ2v) is 8.12. The minimum Gasteiger partial charge on any atom is -0.491 e. The number of amides is 1. The highest BCUT2D eigenvalue weighted by atomic mass is 16.5. The van der Waals surface area contributed by atoms with Crippen molar-refractivity contribution >= 4 is 11.6 Å². The third-order valence-corrected chi connectivity index (χ3v) is 6.02. The van der Waals surface area contributed by atoms with Crippen molar-refractivity contribution in [3.05, 3.63) is 59.2 Å². The molecule has 1 aliphatic rings. The number of ether oxygens (including phenoxy) is 1. The molecule has 0 saturated heterocycles. The number of nitriles is 1. The van der Waals surface area contributed by atoms with Gasteiger partial charge in [0.1, 0.15) is 11.8 Å². The number of carbonyl (C=O) groups is 1. The van der Waals surface area contributed by atoms with Gasteiger partial charge in [0.25, 0.3) is 0 Å². The minimum atomic E-state index is -0.537. The Labute approximate surface area is 173 Å². The number of nitrogens with zero attached hydrogens (tertiary/aromatic N) is 1. The van der Waals surface area contributed by atoms with Crippen molar-refractivity contribution < 1.29 is 9.53 Å². The van der Waals surface area contributed by atoms with Crippen molar-refractivity contribution in [3.63, 3.8) is 0 Å². The Balaban J connectivity index is 1.88. The summed E-state index contributed by atoms with van der Waals surface area (Å²) in [4.78, 5) is 13.5. The lowest BCUT2D eigenvalue weighted by Gasteiger charge is -2.36. The lowest BCUT2D eigenvalue weighted by molar-refractivity contribution is -0.122. The second kappa shape index (κ2) is 9.13. The van der Waals surface area contributed by atoms with Crippen LogP contribution in [-0.2, 0) is 10.2 Å². The quantitative estimate of drug-likeness (QED) is 0.669. The molecule has 2 aromatic rings. The summed E-state index contributed by atoms with van der Waals surface area (Å²) in [5.41, 5.74) is 2.68. The SMILES string of the molecule is CC[C@@H](C)Oc1ccc(NC(=O)C2(c3ccc(C)cc3)CCCCC2)c(C#N)c1. The van der Waals surface area contributed by atoms with Crippen LogP contribution in [0.1, 0.15) is 69.1 Å². The van der Waals surface area contributed by atoms with Gasteiger partial charge < -0.3 is 10.1 Å². The maximum Gasteiger partial charge on any atom is 0.235 e. The molecule has 0 bridgehead atoms. The van der Waals surface area contributed by atoms with Gasteiger partial charge in [-0.3, -0.25) is 4.79 Å². The fourth-order valence-electron chi connectivity index (χ4n) is 4.03. The van der Waals surface area contributed by atoms with Crippen LogP contribution in [0.4, 0.5) is 5.69 Å². The Hall–Kier alpha value is -2.80. The van der Waals surface area contributed by atoms with Crippen LogP contribution in [0.3, 0.4) is 0 Å². The molecule has 1 fully saturated rings. The third-order valence-electron chi connectivity index (χ3n) is 6.02. The van der Waals surface area contributed by atoms with Gasteiger partial charge in [-0.05, 0) is 50.8 Å². The summed E-state index contributed by atoms with van der Waals surface area (Å²) in [7, 11) is 0. The third kappa shape index (κ3) is 4.62. The number of nitrogens with one attached hydrogen (secondary N) is 1. The van der Waals surface area contributed by atoms with Crippen molar-refractivity contribution in [2.45, 2.75) is 70.8 Å². The molecule has 4 heteroatoms. The highest BCUT2D eigenvalue weighted by Gasteiger charge is 2.41. The molecule has 0 aromatic heterocycles. The maximum absolute atomic E-state index is 13.5. The Kier molecular flexibility index (Phi) is 6.59. The molecule has 29 heavy (non-hydrogen) atoms. The van der Waals surface area contributed by atoms with Crippen LogP contribution in [0.25, 0.3) is 0 Å². The first kappa shape index (κ1) is 20.9. The summed E-state index contributed by atoms with van der Waals surface area (Å²) in [6, 6.07) is 15.8. The van der Waals surface area contributed by atoms with E-state index in [1.54, 1.807) is 12.1 Å². The summed E-state index contributed by atoms with van der Waals surface area (Å²) in [6.07, 6.45) is 5.86. The molecular weight excluding hydrogens is 360 g/mol. The molecule has 1 aliphatic carbocycles. The number of hydrogen-bond acceptors (Lipinski definition) is 3. The van der Waals surface area contributed by atoms with Crippen LogP contribution in [-0.4, -0.2) is 12.0 Å². The Morgan fingerprint density at radius 2 is 1.86 bits per heavy atom. The lowest BCUT2D eigenvalue weighted by Crippen LogP contribution is -2.42. The van der Waals surface area contributed by atoms with E-state index < -0.39 is 5.41 Å². The number of rotatable bonds is 6. The summed E-state index contributed by atoms with van der Waals surface area (Å²) >= 11 is 0. The molecule has 1 N–H and O–H groups in total. The average molecular weight is 391 g/mol. The van der Waals surface area contributed by atoms with E-state index in [0.29, 0.717) is 17.0 Å². The van der Waals surface area contributed by atoms with Crippen molar-refractivity contribution in [2.24, 2.45) is 0 Å². The first-order valence-electron chi connectivity index (χ1n) is 10.6. The Morgan fingerprint density at radius 3 is 2.48 bits per heavy atom. The molecule has 1 atom stereocenters. The van der Waals surface area contributed by atoms with Crippen LogP contribution in [0.2, 0.25) is 0 Å². The molecule has 0 radical (unpaired) electrons. The predicted octanol–water partition coefficient (Wildman–Crippen LogP) is 5.88. The summed E-state index contributed by atoms with van der Waals surface area (Å²) in [5.74, 6) is 0.632. The molecule has 3 rings (SSSR count). The van der Waals surface area contributed by atoms with Gasteiger partial charge in [0.05, 0.1) is 22.8 Å². The van der Waals surface area contributed by atoms with E-state index in [4.69, 9.17) is 4.74 Å². The van der Waals surface area contributed by atoms with Gasteiger partial charge >= 0.3 is 0 Å². The summed E-state index contributed by atoms with van der Waals surface area (Å²) in [6.45, 7) is 6.11. The number of benzene rings is 2. The zero-order valence-electron chi connectivity index (χ0n) is 17.6. The van der Waals surface area contributed by atoms with E-state index in [2.05, 4.69) is 49.5 Å². The summed E-state index contributed by atoms with van der Waals surface area (Å²) in [5, 5.41) is 12.7. The van der Waals surface area contributed by atoms with Gasteiger partial charge in [-0.2, -0.15) is 5.26 Å². The van der Waals surface area contributed by atoms with Gasteiger partial charge in [0, 0.05) is 6.07 Å². The van der Waals surface area contributed by atoms with E-state index in [1.165, 1.54) is 5.56 Å². The largest absolute Gasteiger partial charge is 0.491 e. The molecule has 0 aliphatic heterocycles. The fourth-order valence-corrected chi connectivity index (χ4v) is 4.03. The van der Waals surface area contributed by atoms with Crippen molar-refractivity contribution in [1.29, 1.82) is 5.26 Å². The van der Waals surface area contributed by atoms with E-state index in [0.717, 1.165) is 44.1 Å². The molecule has 2 aromatic carbocycles. The zero-order chi connectivity index (χ0) is 20.9. The Morgan fingerprint density at radius 1 is 1.17 bits per heavy atom. The number of aryl methyl sites for hydroxylation is 1. The molecule has 152 valence electrons. The molecular formula is C25H30N2O2. The monoisotopic (exact) mass is 390 g/mol. The number of anilines is 1. The molecule has 1 saturated carbocycles. The first-order chi connectivity index (χ1) is 14.0. The van der Waals surface area contributed by atoms with E-state index in [9.17, 15) is 10.1 Å². The van der Waals surface area contributed by atoms with Crippen LogP contribution >= 0.6 is 0 Å². The number of carbonyl (C=O) groups excluding carboxylic acids is 1. The Bertz CT molecular complexity index is 890. The molecule has 0 heterocycles. The maximum atomic E-state index is 13.5. The van der Waals surface area contributed by atoms with Gasteiger partial charge in [0.2, 0.25) is 5.91 Å². The summed E-state index contributed by atoms with van der Waals surface area (Å²) < 4.78 is 5.82. The smallest absolute Gasteiger partial charge is 0.235 e. The van der Waals surface area contributed by atoms with Crippen molar-refractivity contribution in [3.8, 4) is 11.8 Å². The second-order valence-electron chi connectivity index (χ2n) is 8.12. The van der Waals surface area contributed by atoms with Gasteiger partial charge in [-0.1, -0.05) is 56.0 Å². The van der Waals surface area contributed by atoms with Gasteiger partial charge in [0.15, 0.2) is 0 Å². The molecule has 1 amide bonds. The fraction of sp³-hybridized carbons (Fsp3) is 0.440. The molecule has 0 spiro atoms. The van der Waals surface area contributed by atoms with Crippen LogP contribution in [0, 0.1) is 18.3 Å².